The third kappa shape index (κ3) is 3.75. The van der Waals surface area contributed by atoms with Crippen LogP contribution in [0.15, 0.2) is 66.7 Å². The van der Waals surface area contributed by atoms with Crippen LogP contribution in [0.2, 0.25) is 0 Å². The van der Waals surface area contributed by atoms with Crippen molar-refractivity contribution >= 4 is 23.4 Å². The Morgan fingerprint density at radius 1 is 0.933 bits per heavy atom. The van der Waals surface area contributed by atoms with Gasteiger partial charge in [0, 0.05) is 5.56 Å². The monoisotopic (exact) mass is 418 g/mol. The number of hydrogen-bond donors (Lipinski definition) is 0. The van der Waals surface area contributed by atoms with E-state index in [9.17, 15) is 9.59 Å². The van der Waals surface area contributed by atoms with Gasteiger partial charge in [-0.3, -0.25) is 9.59 Å². The van der Waals surface area contributed by atoms with Crippen molar-refractivity contribution < 1.29 is 19.1 Å². The lowest BCUT2D eigenvalue weighted by Crippen LogP contribution is -2.03. The average molecular weight is 418 g/mol. The zero-order valence-corrected chi connectivity index (χ0v) is 17.2. The van der Waals surface area contributed by atoms with Crippen molar-refractivity contribution in [3.8, 4) is 28.4 Å². The number of ketones is 1. The first-order chi connectivity index (χ1) is 14.6. The molecule has 0 aliphatic heterocycles. The van der Waals surface area contributed by atoms with E-state index in [1.165, 1.54) is 0 Å². The predicted octanol–water partition coefficient (Wildman–Crippen LogP) is 4.66. The van der Waals surface area contributed by atoms with Crippen LogP contribution in [0.5, 0.6) is 11.5 Å². The Bertz CT molecular complexity index is 1130. The highest BCUT2D eigenvalue weighted by Gasteiger charge is 2.20. The third-order valence-electron chi connectivity index (χ3n) is 4.61. The summed E-state index contributed by atoms with van der Waals surface area (Å²) in [6.45, 7) is 0. The van der Waals surface area contributed by atoms with Gasteiger partial charge in [0.05, 0.1) is 35.4 Å². The molecule has 4 aromatic rings. The molecule has 7 heteroatoms. The number of aromatic nitrogens is 2. The Morgan fingerprint density at radius 2 is 1.57 bits per heavy atom. The molecule has 0 fully saturated rings. The van der Waals surface area contributed by atoms with Crippen molar-refractivity contribution in [3.63, 3.8) is 0 Å². The molecule has 2 aromatic carbocycles. The summed E-state index contributed by atoms with van der Waals surface area (Å²) < 4.78 is 12.2. The second kappa shape index (κ2) is 8.34. The van der Waals surface area contributed by atoms with Gasteiger partial charge in [0.2, 0.25) is 5.78 Å². The van der Waals surface area contributed by atoms with E-state index in [1.54, 1.807) is 37.1 Å². The normalized spacial score (nSPS) is 10.6. The summed E-state index contributed by atoms with van der Waals surface area (Å²) in [6.07, 6.45) is 0.736. The van der Waals surface area contributed by atoms with Crippen molar-refractivity contribution in [2.24, 2.45) is 0 Å². The molecule has 0 bridgehead atoms. The molecule has 0 spiro atoms. The van der Waals surface area contributed by atoms with Crippen LogP contribution < -0.4 is 9.47 Å². The number of rotatable bonds is 7. The smallest absolute Gasteiger partial charge is 0.223 e. The molecule has 30 heavy (non-hydrogen) atoms. The zero-order chi connectivity index (χ0) is 21.1. The van der Waals surface area contributed by atoms with Crippen molar-refractivity contribution in [2.45, 2.75) is 0 Å². The molecule has 0 N–H and O–H groups in total. The highest BCUT2D eigenvalue weighted by Crippen LogP contribution is 2.28. The summed E-state index contributed by atoms with van der Waals surface area (Å²) in [7, 11) is 3.22. The number of hydrogen-bond acceptors (Lipinski definition) is 6. The summed E-state index contributed by atoms with van der Waals surface area (Å²) in [5, 5.41) is 4.58. The van der Waals surface area contributed by atoms with E-state index in [0.717, 1.165) is 46.1 Å². The van der Waals surface area contributed by atoms with Gasteiger partial charge in [0.15, 0.2) is 6.29 Å². The Labute approximate surface area is 177 Å². The molecule has 2 heterocycles. The van der Waals surface area contributed by atoms with Crippen molar-refractivity contribution in [1.82, 2.24) is 9.78 Å². The molecule has 6 nitrogen and oxygen atoms in total. The lowest BCUT2D eigenvalue weighted by atomic mass is 10.1. The number of thiophene rings is 1. The van der Waals surface area contributed by atoms with Crippen LogP contribution in [-0.4, -0.2) is 36.1 Å². The third-order valence-corrected chi connectivity index (χ3v) is 5.62. The highest BCUT2D eigenvalue weighted by atomic mass is 32.1. The van der Waals surface area contributed by atoms with Crippen LogP contribution in [0.4, 0.5) is 0 Å². The zero-order valence-electron chi connectivity index (χ0n) is 16.4. The van der Waals surface area contributed by atoms with Gasteiger partial charge < -0.3 is 9.47 Å². The highest BCUT2D eigenvalue weighted by molar-refractivity contribution is 7.15. The van der Waals surface area contributed by atoms with E-state index in [-0.39, 0.29) is 5.78 Å². The van der Waals surface area contributed by atoms with E-state index < -0.39 is 0 Å². The van der Waals surface area contributed by atoms with Crippen molar-refractivity contribution in [3.05, 3.63) is 82.2 Å². The molecular weight excluding hydrogens is 400 g/mol. The minimum Gasteiger partial charge on any atom is -0.497 e. The number of aldehydes is 1. The molecule has 0 unspecified atom stereocenters. The molecule has 0 amide bonds. The summed E-state index contributed by atoms with van der Waals surface area (Å²) in [6, 6.07) is 20.0. The maximum absolute atomic E-state index is 13.0. The van der Waals surface area contributed by atoms with Gasteiger partial charge in [0.25, 0.3) is 0 Å². The van der Waals surface area contributed by atoms with Gasteiger partial charge in [-0.2, -0.15) is 5.10 Å². The molecule has 0 atom stereocenters. The number of benzene rings is 2. The number of methoxy groups -OCH3 is 2. The van der Waals surface area contributed by atoms with E-state index in [0.29, 0.717) is 15.4 Å². The molecule has 0 saturated carbocycles. The SMILES string of the molecule is COc1ccc(-c2cc(C(=O)c3ccc(C=O)s3)nn2-c2ccc(OC)cc2)cc1. The minimum atomic E-state index is -0.227. The lowest BCUT2D eigenvalue weighted by molar-refractivity contribution is 0.103. The minimum absolute atomic E-state index is 0.227. The van der Waals surface area contributed by atoms with Crippen LogP contribution in [0.25, 0.3) is 16.9 Å². The fourth-order valence-electron chi connectivity index (χ4n) is 3.04. The van der Waals surface area contributed by atoms with Crippen LogP contribution in [0, 0.1) is 0 Å². The average Bonchev–Trinajstić information content (AvgIpc) is 3.46. The van der Waals surface area contributed by atoms with Crippen LogP contribution in [0.1, 0.15) is 25.0 Å². The number of nitrogens with zero attached hydrogens (tertiary/aromatic N) is 2. The summed E-state index contributed by atoms with van der Waals surface area (Å²) in [5.74, 6) is 1.24. The van der Waals surface area contributed by atoms with Crippen LogP contribution in [-0.2, 0) is 0 Å². The summed E-state index contributed by atoms with van der Waals surface area (Å²) in [5.41, 5.74) is 2.74. The molecule has 150 valence electrons. The lowest BCUT2D eigenvalue weighted by Gasteiger charge is -2.09. The molecule has 0 radical (unpaired) electrons. The maximum atomic E-state index is 13.0. The number of carbonyl (C=O) groups excluding carboxylic acids is 2. The first kappa shape index (κ1) is 19.6. The molecule has 0 saturated heterocycles. The second-order valence-corrected chi connectivity index (χ2v) is 7.52. The number of ether oxygens (including phenoxy) is 2. The first-order valence-corrected chi connectivity index (χ1v) is 9.93. The van der Waals surface area contributed by atoms with Gasteiger partial charge in [-0.1, -0.05) is 0 Å². The summed E-state index contributed by atoms with van der Waals surface area (Å²) in [4.78, 5) is 24.9. The Balaban J connectivity index is 1.81. The predicted molar refractivity (Wildman–Crippen MR) is 115 cm³/mol. The molecule has 0 aliphatic rings. The van der Waals surface area contributed by atoms with Gasteiger partial charge in [-0.05, 0) is 66.7 Å². The standard InChI is InChI=1S/C23H18N2O4S/c1-28-17-7-3-15(4-8-17)21-13-20(23(27)22-12-11-19(14-26)30-22)24-25(21)16-5-9-18(29-2)10-6-16/h3-14H,1-2H3. The van der Waals surface area contributed by atoms with E-state index >= 15 is 0 Å². The molecule has 2 aromatic heterocycles. The maximum Gasteiger partial charge on any atom is 0.223 e. The van der Waals surface area contributed by atoms with Gasteiger partial charge in [0.1, 0.15) is 17.2 Å². The molecule has 0 aliphatic carbocycles. The van der Waals surface area contributed by atoms with Crippen molar-refractivity contribution in [1.29, 1.82) is 0 Å². The largest absolute Gasteiger partial charge is 0.497 e. The van der Waals surface area contributed by atoms with Crippen LogP contribution >= 0.6 is 11.3 Å². The Hall–Kier alpha value is -3.71. The topological polar surface area (TPSA) is 70.4 Å². The van der Waals surface area contributed by atoms with Crippen molar-refractivity contribution in [2.75, 3.05) is 14.2 Å². The van der Waals surface area contributed by atoms with Gasteiger partial charge in [-0.25, -0.2) is 4.68 Å². The molecule has 4 rings (SSSR count). The fourth-order valence-corrected chi connectivity index (χ4v) is 3.82. The van der Waals surface area contributed by atoms with E-state index in [1.807, 2.05) is 48.5 Å². The second-order valence-electron chi connectivity index (χ2n) is 6.40. The first-order valence-electron chi connectivity index (χ1n) is 9.11. The fraction of sp³-hybridized carbons (Fsp3) is 0.0870. The molecular formula is C23H18N2O4S. The number of carbonyl (C=O) groups is 2. The summed E-state index contributed by atoms with van der Waals surface area (Å²) >= 11 is 1.15. The quantitative estimate of drug-likeness (QED) is 0.322. The van der Waals surface area contributed by atoms with E-state index in [2.05, 4.69) is 5.10 Å². The van der Waals surface area contributed by atoms with Crippen LogP contribution in [0.3, 0.4) is 0 Å². The Kier molecular flexibility index (Phi) is 5.45. The van der Waals surface area contributed by atoms with E-state index in [4.69, 9.17) is 9.47 Å². The van der Waals surface area contributed by atoms with Gasteiger partial charge in [-0.15, -0.1) is 11.3 Å². The Morgan fingerprint density at radius 3 is 2.13 bits per heavy atom. The van der Waals surface area contributed by atoms with Gasteiger partial charge >= 0.3 is 0 Å².